The molecule has 4 rings (SSSR count). The smallest absolute Gasteiger partial charge is 0.207 e. The molecule has 0 spiro atoms. The Kier molecular flexibility index (Phi) is 3.78. The highest BCUT2D eigenvalue weighted by molar-refractivity contribution is 7.16. The van der Waals surface area contributed by atoms with Crippen LogP contribution >= 0.6 is 22.9 Å². The highest BCUT2D eigenvalue weighted by Gasteiger charge is 2.16. The van der Waals surface area contributed by atoms with Crippen molar-refractivity contribution in [1.29, 1.82) is 0 Å². The number of hydrogen-bond donors (Lipinski definition) is 0. The summed E-state index contributed by atoms with van der Waals surface area (Å²) in [5.41, 5.74) is 2.53. The summed E-state index contributed by atoms with van der Waals surface area (Å²) >= 11 is 7.48. The number of rotatable bonds is 3. The zero-order valence-corrected chi connectivity index (χ0v) is 14.3. The number of halogens is 2. The van der Waals surface area contributed by atoms with E-state index in [2.05, 4.69) is 15.3 Å². The van der Waals surface area contributed by atoms with Gasteiger partial charge in [0.25, 0.3) is 0 Å². The summed E-state index contributed by atoms with van der Waals surface area (Å²) in [6, 6.07) is 12.7. The highest BCUT2D eigenvalue weighted by Crippen LogP contribution is 2.26. The van der Waals surface area contributed by atoms with Crippen molar-refractivity contribution in [3.05, 3.63) is 69.4 Å². The van der Waals surface area contributed by atoms with Crippen molar-refractivity contribution in [1.82, 2.24) is 19.8 Å². The standard InChI is InChI=1S/C17H12ClFN4S/c1-10-4-2-5-11(8-10)16-20-21-17-23(16)22-15(24-17)9-12-13(18)6-3-7-14(12)19/h2-8H,9H2,1H3. The van der Waals surface area contributed by atoms with Crippen LogP contribution in [0.5, 0.6) is 0 Å². The third kappa shape index (κ3) is 2.68. The Hall–Kier alpha value is -2.31. The second kappa shape index (κ2) is 5.96. The van der Waals surface area contributed by atoms with Gasteiger partial charge in [0.05, 0.1) is 0 Å². The van der Waals surface area contributed by atoms with Gasteiger partial charge in [-0.1, -0.05) is 52.8 Å². The molecule has 0 saturated carbocycles. The molecule has 120 valence electrons. The second-order valence-corrected chi connectivity index (χ2v) is 6.91. The number of hydrogen-bond acceptors (Lipinski definition) is 4. The molecule has 0 aliphatic rings. The van der Waals surface area contributed by atoms with Crippen molar-refractivity contribution >= 4 is 27.9 Å². The predicted molar refractivity (Wildman–Crippen MR) is 93.0 cm³/mol. The van der Waals surface area contributed by atoms with Gasteiger partial charge in [-0.25, -0.2) is 4.39 Å². The zero-order valence-electron chi connectivity index (χ0n) is 12.7. The van der Waals surface area contributed by atoms with E-state index in [1.165, 1.54) is 17.4 Å². The molecule has 0 saturated heterocycles. The average molecular weight is 359 g/mol. The Bertz CT molecular complexity index is 1020. The molecule has 0 radical (unpaired) electrons. The Morgan fingerprint density at radius 3 is 2.79 bits per heavy atom. The topological polar surface area (TPSA) is 43.1 Å². The predicted octanol–water partition coefficient (Wildman–Crippen LogP) is 4.54. The van der Waals surface area contributed by atoms with E-state index in [1.54, 1.807) is 16.6 Å². The number of fused-ring (bicyclic) bond motifs is 1. The van der Waals surface area contributed by atoms with E-state index in [1.807, 2.05) is 31.2 Å². The minimum Gasteiger partial charge on any atom is -0.207 e. The largest absolute Gasteiger partial charge is 0.234 e. The first kappa shape index (κ1) is 15.2. The van der Waals surface area contributed by atoms with Crippen molar-refractivity contribution in [3.8, 4) is 11.4 Å². The first-order valence-electron chi connectivity index (χ1n) is 7.33. The first-order valence-corrected chi connectivity index (χ1v) is 8.52. The summed E-state index contributed by atoms with van der Waals surface area (Å²) in [7, 11) is 0. The molecule has 0 N–H and O–H groups in total. The third-order valence-electron chi connectivity index (χ3n) is 3.70. The molecule has 2 aromatic carbocycles. The minimum absolute atomic E-state index is 0.326. The molecular formula is C17H12ClFN4S. The van der Waals surface area contributed by atoms with E-state index in [0.29, 0.717) is 27.8 Å². The molecule has 0 unspecified atom stereocenters. The molecule has 2 heterocycles. The second-order valence-electron chi connectivity index (χ2n) is 5.46. The van der Waals surface area contributed by atoms with E-state index < -0.39 is 0 Å². The molecule has 0 fully saturated rings. The molecule has 0 aliphatic carbocycles. The van der Waals surface area contributed by atoms with E-state index in [0.717, 1.165) is 16.1 Å². The highest BCUT2D eigenvalue weighted by atomic mass is 35.5. The lowest BCUT2D eigenvalue weighted by atomic mass is 10.1. The number of aromatic nitrogens is 4. The van der Waals surface area contributed by atoms with Gasteiger partial charge >= 0.3 is 0 Å². The van der Waals surface area contributed by atoms with E-state index >= 15 is 0 Å². The third-order valence-corrected chi connectivity index (χ3v) is 4.95. The van der Waals surface area contributed by atoms with Crippen LogP contribution in [-0.2, 0) is 6.42 Å². The first-order chi connectivity index (χ1) is 11.6. The molecule has 7 heteroatoms. The van der Waals surface area contributed by atoms with Crippen LogP contribution in [0.3, 0.4) is 0 Å². The van der Waals surface area contributed by atoms with Gasteiger partial charge in [-0.05, 0) is 25.1 Å². The van der Waals surface area contributed by atoms with E-state index in [4.69, 9.17) is 11.6 Å². The van der Waals surface area contributed by atoms with Crippen LogP contribution in [0, 0.1) is 12.7 Å². The van der Waals surface area contributed by atoms with Gasteiger partial charge < -0.3 is 0 Å². The fraction of sp³-hybridized carbons (Fsp3) is 0.118. The minimum atomic E-state index is -0.327. The fourth-order valence-electron chi connectivity index (χ4n) is 2.54. The molecule has 24 heavy (non-hydrogen) atoms. The van der Waals surface area contributed by atoms with Crippen LogP contribution in [0.2, 0.25) is 5.02 Å². The molecule has 0 atom stereocenters. The molecule has 0 amide bonds. The van der Waals surface area contributed by atoms with Crippen molar-refractivity contribution in [3.63, 3.8) is 0 Å². The molecule has 4 aromatic rings. The molecule has 0 aliphatic heterocycles. The number of aryl methyl sites for hydroxylation is 1. The van der Waals surface area contributed by atoms with Crippen molar-refractivity contribution in [2.45, 2.75) is 13.3 Å². The number of benzene rings is 2. The Balaban J connectivity index is 1.75. The maximum atomic E-state index is 14.0. The maximum absolute atomic E-state index is 14.0. The molecule has 4 nitrogen and oxygen atoms in total. The van der Waals surface area contributed by atoms with Crippen LogP contribution in [0.1, 0.15) is 16.1 Å². The summed E-state index contributed by atoms with van der Waals surface area (Å²) in [5, 5.41) is 14.1. The summed E-state index contributed by atoms with van der Waals surface area (Å²) in [6.45, 7) is 2.02. The quantitative estimate of drug-likeness (QED) is 0.539. The summed E-state index contributed by atoms with van der Waals surface area (Å²) < 4.78 is 15.7. The SMILES string of the molecule is Cc1cccc(-c2nnc3sc(Cc4c(F)cccc4Cl)nn23)c1. The Morgan fingerprint density at radius 1 is 1.17 bits per heavy atom. The van der Waals surface area contributed by atoms with Crippen LogP contribution < -0.4 is 0 Å². The normalized spacial score (nSPS) is 11.3. The lowest BCUT2D eigenvalue weighted by molar-refractivity contribution is 0.613. The van der Waals surface area contributed by atoms with Crippen molar-refractivity contribution in [2.75, 3.05) is 0 Å². The molecule has 0 bridgehead atoms. The van der Waals surface area contributed by atoms with E-state index in [9.17, 15) is 4.39 Å². The van der Waals surface area contributed by atoms with Gasteiger partial charge in [-0.3, -0.25) is 0 Å². The molecule has 2 aromatic heterocycles. The van der Waals surface area contributed by atoms with E-state index in [-0.39, 0.29) is 5.82 Å². The monoisotopic (exact) mass is 358 g/mol. The van der Waals surface area contributed by atoms with Gasteiger partial charge in [0.1, 0.15) is 10.8 Å². The van der Waals surface area contributed by atoms with Gasteiger partial charge in [0.2, 0.25) is 4.96 Å². The molecular weight excluding hydrogens is 347 g/mol. The number of nitrogens with zero attached hydrogens (tertiary/aromatic N) is 4. The zero-order chi connectivity index (χ0) is 16.7. The van der Waals surface area contributed by atoms with Crippen LogP contribution in [-0.4, -0.2) is 19.8 Å². The lowest BCUT2D eigenvalue weighted by Crippen LogP contribution is -1.96. The fourth-order valence-corrected chi connectivity index (χ4v) is 3.62. The van der Waals surface area contributed by atoms with Crippen LogP contribution in [0.4, 0.5) is 4.39 Å². The van der Waals surface area contributed by atoms with Gasteiger partial charge in [0.15, 0.2) is 5.82 Å². The van der Waals surface area contributed by atoms with Crippen LogP contribution in [0.15, 0.2) is 42.5 Å². The summed E-state index contributed by atoms with van der Waals surface area (Å²) in [6.07, 6.45) is 0.326. The maximum Gasteiger partial charge on any atom is 0.234 e. The van der Waals surface area contributed by atoms with Crippen LogP contribution in [0.25, 0.3) is 16.3 Å². The van der Waals surface area contributed by atoms with Gasteiger partial charge in [0, 0.05) is 22.6 Å². The van der Waals surface area contributed by atoms with Crippen molar-refractivity contribution in [2.24, 2.45) is 0 Å². The summed E-state index contributed by atoms with van der Waals surface area (Å²) in [4.78, 5) is 0.675. The lowest BCUT2D eigenvalue weighted by Gasteiger charge is -2.02. The average Bonchev–Trinajstić information content (AvgIpc) is 3.11. The Labute approximate surface area is 146 Å². The van der Waals surface area contributed by atoms with Gasteiger partial charge in [-0.2, -0.15) is 9.61 Å². The van der Waals surface area contributed by atoms with Gasteiger partial charge in [-0.15, -0.1) is 10.2 Å². The van der Waals surface area contributed by atoms with Crippen molar-refractivity contribution < 1.29 is 4.39 Å². The Morgan fingerprint density at radius 2 is 2.00 bits per heavy atom. The summed E-state index contributed by atoms with van der Waals surface area (Å²) in [5.74, 6) is 0.350.